The number of benzene rings is 1. The van der Waals surface area contributed by atoms with Gasteiger partial charge in [-0.3, -0.25) is 4.79 Å². The van der Waals surface area contributed by atoms with Crippen molar-refractivity contribution in [3.8, 4) is 0 Å². The molecular weight excluding hydrogens is 272 g/mol. The average molecular weight is 297 g/mol. The molecule has 4 heteroatoms. The Morgan fingerprint density at radius 1 is 1.40 bits per heavy atom. The minimum Gasteiger partial charge on any atom is -0.399 e. The summed E-state index contributed by atoms with van der Waals surface area (Å²) in [4.78, 5) is 14.0. The van der Waals surface area contributed by atoms with Crippen LogP contribution in [0.25, 0.3) is 0 Å². The molecule has 0 aliphatic carbocycles. The fourth-order valence-corrected chi connectivity index (χ4v) is 1.96. The van der Waals surface area contributed by atoms with Crippen molar-refractivity contribution in [2.75, 3.05) is 12.8 Å². The molecule has 0 heterocycles. The molecule has 1 aromatic rings. The quantitative estimate of drug-likeness (QED) is 0.855. The number of amides is 1. The summed E-state index contributed by atoms with van der Waals surface area (Å²) < 4.78 is 0. The van der Waals surface area contributed by atoms with Gasteiger partial charge in [0.25, 0.3) is 0 Å². The maximum atomic E-state index is 12.3. The summed E-state index contributed by atoms with van der Waals surface area (Å²) in [7, 11) is 1.80. The monoisotopic (exact) mass is 296 g/mol. The summed E-state index contributed by atoms with van der Waals surface area (Å²) in [6.45, 7) is 9.05. The van der Waals surface area contributed by atoms with Gasteiger partial charge in [-0.05, 0) is 35.1 Å². The van der Waals surface area contributed by atoms with E-state index in [2.05, 4.69) is 27.7 Å². The number of hydrogen-bond acceptors (Lipinski definition) is 2. The van der Waals surface area contributed by atoms with E-state index in [9.17, 15) is 4.79 Å². The minimum absolute atomic E-state index is 0.130. The Hall–Kier alpha value is -1.22. The van der Waals surface area contributed by atoms with E-state index >= 15 is 0 Å². The first-order valence-corrected chi connectivity index (χ1v) is 7.27. The first kappa shape index (κ1) is 16.8. The highest BCUT2D eigenvalue weighted by atomic mass is 35.5. The lowest BCUT2D eigenvalue weighted by atomic mass is 9.80. The number of halogens is 1. The number of rotatable bonds is 4. The van der Waals surface area contributed by atoms with Gasteiger partial charge in [-0.15, -0.1) is 0 Å². The van der Waals surface area contributed by atoms with Crippen LogP contribution in [-0.2, 0) is 11.3 Å². The van der Waals surface area contributed by atoms with Crippen LogP contribution in [0.2, 0.25) is 5.02 Å². The molecule has 0 aliphatic heterocycles. The molecule has 0 bridgehead atoms. The number of nitrogen functional groups attached to an aromatic ring is 1. The Bertz CT molecular complexity index is 480. The highest BCUT2D eigenvalue weighted by Crippen LogP contribution is 2.29. The molecule has 0 radical (unpaired) electrons. The van der Waals surface area contributed by atoms with E-state index in [4.69, 9.17) is 17.3 Å². The van der Waals surface area contributed by atoms with Crippen LogP contribution in [0.3, 0.4) is 0 Å². The van der Waals surface area contributed by atoms with Gasteiger partial charge in [-0.25, -0.2) is 0 Å². The lowest BCUT2D eigenvalue weighted by Crippen LogP contribution is -2.30. The largest absolute Gasteiger partial charge is 0.399 e. The molecule has 20 heavy (non-hydrogen) atoms. The normalized spacial score (nSPS) is 13.1. The molecule has 0 aliphatic rings. The van der Waals surface area contributed by atoms with Crippen LogP contribution in [0.15, 0.2) is 18.2 Å². The number of nitrogens with zero attached hydrogens (tertiary/aromatic N) is 1. The standard InChI is InChI=1S/C16H25ClN2O/c1-11(16(2,3)4)8-15(20)19(5)10-12-9-13(18)6-7-14(12)17/h6-7,9,11H,8,10,18H2,1-5H3. The van der Waals surface area contributed by atoms with Gasteiger partial charge in [0.15, 0.2) is 0 Å². The second-order valence-electron chi connectivity index (χ2n) is 6.57. The van der Waals surface area contributed by atoms with Gasteiger partial charge in [0, 0.05) is 30.7 Å². The molecule has 1 unspecified atom stereocenters. The van der Waals surface area contributed by atoms with Crippen molar-refractivity contribution < 1.29 is 4.79 Å². The fraction of sp³-hybridized carbons (Fsp3) is 0.562. The topological polar surface area (TPSA) is 46.3 Å². The van der Waals surface area contributed by atoms with E-state index in [1.165, 1.54) is 0 Å². The van der Waals surface area contributed by atoms with Gasteiger partial charge >= 0.3 is 0 Å². The molecule has 1 atom stereocenters. The maximum Gasteiger partial charge on any atom is 0.222 e. The zero-order valence-corrected chi connectivity index (χ0v) is 13.8. The Labute approximate surface area is 127 Å². The Morgan fingerprint density at radius 2 is 2.00 bits per heavy atom. The van der Waals surface area contributed by atoms with Gasteiger partial charge in [-0.2, -0.15) is 0 Å². The third-order valence-electron chi connectivity index (χ3n) is 3.86. The Kier molecular flexibility index (Phi) is 5.46. The van der Waals surface area contributed by atoms with Crippen LogP contribution in [0.1, 0.15) is 39.7 Å². The number of carbonyl (C=O) groups is 1. The molecule has 3 nitrogen and oxygen atoms in total. The molecule has 1 rings (SSSR count). The van der Waals surface area contributed by atoms with Crippen LogP contribution in [0, 0.1) is 11.3 Å². The zero-order valence-electron chi connectivity index (χ0n) is 13.0. The van der Waals surface area contributed by atoms with E-state index in [0.717, 1.165) is 5.56 Å². The first-order chi connectivity index (χ1) is 9.11. The molecule has 0 saturated heterocycles. The van der Waals surface area contributed by atoms with Gasteiger partial charge in [0.1, 0.15) is 0 Å². The molecule has 0 aromatic heterocycles. The summed E-state index contributed by atoms with van der Waals surface area (Å²) in [5, 5.41) is 0.641. The lowest BCUT2D eigenvalue weighted by molar-refractivity contribution is -0.132. The lowest BCUT2D eigenvalue weighted by Gasteiger charge is -2.28. The minimum atomic E-state index is 0.130. The number of nitrogens with two attached hydrogens (primary N) is 1. The first-order valence-electron chi connectivity index (χ1n) is 6.89. The van der Waals surface area contributed by atoms with E-state index in [1.54, 1.807) is 24.1 Å². The van der Waals surface area contributed by atoms with E-state index in [0.29, 0.717) is 29.6 Å². The van der Waals surface area contributed by atoms with Crippen molar-refractivity contribution in [3.05, 3.63) is 28.8 Å². The fourth-order valence-electron chi connectivity index (χ4n) is 1.78. The summed E-state index contributed by atoms with van der Waals surface area (Å²) >= 11 is 6.13. The molecule has 0 spiro atoms. The van der Waals surface area contributed by atoms with E-state index < -0.39 is 0 Å². The third-order valence-corrected chi connectivity index (χ3v) is 4.23. The van der Waals surface area contributed by atoms with Crippen LogP contribution in [0.4, 0.5) is 5.69 Å². The van der Waals surface area contributed by atoms with Crippen molar-refractivity contribution in [1.82, 2.24) is 4.90 Å². The maximum absolute atomic E-state index is 12.3. The number of anilines is 1. The average Bonchev–Trinajstić information content (AvgIpc) is 2.32. The SMILES string of the molecule is CC(CC(=O)N(C)Cc1cc(N)ccc1Cl)C(C)(C)C. The third kappa shape index (κ3) is 4.71. The van der Waals surface area contributed by atoms with Crippen molar-refractivity contribution in [2.45, 2.75) is 40.7 Å². The van der Waals surface area contributed by atoms with Crippen molar-refractivity contribution in [2.24, 2.45) is 11.3 Å². The van der Waals surface area contributed by atoms with Crippen molar-refractivity contribution >= 4 is 23.2 Å². The molecule has 112 valence electrons. The summed E-state index contributed by atoms with van der Waals surface area (Å²) in [6.07, 6.45) is 0.542. The molecule has 2 N–H and O–H groups in total. The second-order valence-corrected chi connectivity index (χ2v) is 6.98. The van der Waals surface area contributed by atoms with E-state index in [-0.39, 0.29) is 11.3 Å². The van der Waals surface area contributed by atoms with Gasteiger partial charge in [0.2, 0.25) is 5.91 Å². The molecule has 0 fully saturated rings. The van der Waals surface area contributed by atoms with Gasteiger partial charge in [0.05, 0.1) is 0 Å². The van der Waals surface area contributed by atoms with Crippen LogP contribution in [0.5, 0.6) is 0 Å². The van der Waals surface area contributed by atoms with Crippen LogP contribution in [-0.4, -0.2) is 17.9 Å². The second kappa shape index (κ2) is 6.49. The predicted octanol–water partition coefficient (Wildman–Crippen LogP) is 3.95. The molecular formula is C16H25ClN2O. The van der Waals surface area contributed by atoms with Crippen molar-refractivity contribution in [1.29, 1.82) is 0 Å². The van der Waals surface area contributed by atoms with Crippen LogP contribution < -0.4 is 5.73 Å². The zero-order chi connectivity index (χ0) is 15.5. The molecule has 1 aromatic carbocycles. The Balaban J connectivity index is 2.69. The van der Waals surface area contributed by atoms with Crippen LogP contribution >= 0.6 is 11.6 Å². The highest BCUT2D eigenvalue weighted by Gasteiger charge is 2.24. The predicted molar refractivity (Wildman–Crippen MR) is 85.6 cm³/mol. The summed E-state index contributed by atoms with van der Waals surface area (Å²) in [5.74, 6) is 0.458. The number of hydrogen-bond donors (Lipinski definition) is 1. The molecule has 1 amide bonds. The van der Waals surface area contributed by atoms with Crippen molar-refractivity contribution in [3.63, 3.8) is 0 Å². The highest BCUT2D eigenvalue weighted by molar-refractivity contribution is 6.31. The summed E-state index contributed by atoms with van der Waals surface area (Å²) in [6, 6.07) is 5.34. The van der Waals surface area contributed by atoms with E-state index in [1.807, 2.05) is 6.07 Å². The summed E-state index contributed by atoms with van der Waals surface area (Å²) in [5.41, 5.74) is 7.43. The molecule has 0 saturated carbocycles. The van der Waals surface area contributed by atoms with Gasteiger partial charge in [-0.1, -0.05) is 39.3 Å². The number of carbonyl (C=O) groups excluding carboxylic acids is 1. The van der Waals surface area contributed by atoms with Gasteiger partial charge < -0.3 is 10.6 Å². The Morgan fingerprint density at radius 3 is 2.55 bits per heavy atom. The smallest absolute Gasteiger partial charge is 0.222 e.